The normalized spacial score (nSPS) is 11.4. The van der Waals surface area contributed by atoms with E-state index in [1.807, 2.05) is 0 Å². The van der Waals surface area contributed by atoms with E-state index in [0.717, 1.165) is 12.1 Å². The summed E-state index contributed by atoms with van der Waals surface area (Å²) >= 11 is 0. The summed E-state index contributed by atoms with van der Waals surface area (Å²) in [5.74, 6) is 0.531. The van der Waals surface area contributed by atoms with Gasteiger partial charge in [-0.3, -0.25) is 0 Å². The van der Waals surface area contributed by atoms with E-state index in [1.54, 1.807) is 24.3 Å². The second-order valence-corrected chi connectivity index (χ2v) is 3.93. The fraction of sp³-hybridized carbons (Fsp3) is 0.143. The topological polar surface area (TPSA) is 29.5 Å². The third kappa shape index (κ3) is 3.48. The smallest absolute Gasteiger partial charge is 0.416 e. The molecule has 19 heavy (non-hydrogen) atoms. The van der Waals surface area contributed by atoms with Gasteiger partial charge in [-0.1, -0.05) is 18.2 Å². The second-order valence-electron chi connectivity index (χ2n) is 3.93. The summed E-state index contributed by atoms with van der Waals surface area (Å²) in [6.45, 7) is -0.0934. The van der Waals surface area contributed by atoms with Gasteiger partial charge in [0.25, 0.3) is 0 Å². The van der Waals surface area contributed by atoms with Gasteiger partial charge < -0.3 is 9.84 Å². The summed E-state index contributed by atoms with van der Waals surface area (Å²) in [6, 6.07) is 11.1. The molecule has 2 aromatic rings. The first kappa shape index (κ1) is 13.4. The summed E-state index contributed by atoms with van der Waals surface area (Å²) in [6.07, 6.45) is -4.39. The molecule has 0 radical (unpaired) electrons. The zero-order valence-electron chi connectivity index (χ0n) is 9.82. The first-order valence-corrected chi connectivity index (χ1v) is 5.54. The Bertz CT molecular complexity index is 547. The molecule has 0 aliphatic heterocycles. The summed E-state index contributed by atoms with van der Waals surface area (Å²) in [5, 5.41) is 8.88. The first-order valence-electron chi connectivity index (χ1n) is 5.54. The van der Waals surface area contributed by atoms with Crippen LogP contribution in [0.2, 0.25) is 0 Å². The third-order valence-corrected chi connectivity index (χ3v) is 2.50. The molecule has 0 saturated carbocycles. The number of rotatable bonds is 3. The Labute approximate surface area is 108 Å². The van der Waals surface area contributed by atoms with E-state index in [1.165, 1.54) is 12.1 Å². The zero-order chi connectivity index (χ0) is 13.9. The molecule has 0 unspecified atom stereocenters. The van der Waals surface area contributed by atoms with Crippen LogP contribution in [0.15, 0.2) is 48.5 Å². The highest BCUT2D eigenvalue weighted by molar-refractivity contribution is 5.35. The molecule has 5 heteroatoms. The minimum atomic E-state index is -4.39. The summed E-state index contributed by atoms with van der Waals surface area (Å²) < 4.78 is 42.9. The predicted molar refractivity (Wildman–Crippen MR) is 63.9 cm³/mol. The van der Waals surface area contributed by atoms with Crippen LogP contribution in [0.1, 0.15) is 11.1 Å². The molecule has 0 heterocycles. The first-order chi connectivity index (χ1) is 8.99. The highest BCUT2D eigenvalue weighted by Gasteiger charge is 2.30. The van der Waals surface area contributed by atoms with E-state index in [4.69, 9.17) is 9.84 Å². The number of alkyl halides is 3. The molecule has 0 saturated heterocycles. The Morgan fingerprint density at radius 1 is 0.947 bits per heavy atom. The molecule has 2 nitrogen and oxygen atoms in total. The molecule has 0 amide bonds. The van der Waals surface area contributed by atoms with Crippen LogP contribution in [0.3, 0.4) is 0 Å². The Balaban J connectivity index is 2.18. The van der Waals surface area contributed by atoms with Gasteiger partial charge in [-0.05, 0) is 35.9 Å². The maximum atomic E-state index is 12.5. The molecule has 0 aliphatic rings. The van der Waals surface area contributed by atoms with Crippen molar-refractivity contribution in [3.05, 3.63) is 59.7 Å². The van der Waals surface area contributed by atoms with Crippen LogP contribution in [-0.2, 0) is 12.8 Å². The van der Waals surface area contributed by atoms with Crippen LogP contribution >= 0.6 is 0 Å². The fourth-order valence-corrected chi connectivity index (χ4v) is 1.53. The van der Waals surface area contributed by atoms with Crippen molar-refractivity contribution in [1.82, 2.24) is 0 Å². The van der Waals surface area contributed by atoms with Gasteiger partial charge in [-0.25, -0.2) is 0 Å². The largest absolute Gasteiger partial charge is 0.457 e. The minimum Gasteiger partial charge on any atom is -0.457 e. The Kier molecular flexibility index (Phi) is 3.76. The number of aliphatic hydroxyl groups is 1. The highest BCUT2D eigenvalue weighted by atomic mass is 19.4. The van der Waals surface area contributed by atoms with Crippen molar-refractivity contribution in [2.75, 3.05) is 0 Å². The van der Waals surface area contributed by atoms with Gasteiger partial charge in [-0.2, -0.15) is 13.2 Å². The molecule has 0 fully saturated rings. The van der Waals surface area contributed by atoms with Gasteiger partial charge in [-0.15, -0.1) is 0 Å². The average Bonchev–Trinajstić information content (AvgIpc) is 2.39. The van der Waals surface area contributed by atoms with Gasteiger partial charge in [0.05, 0.1) is 12.2 Å². The van der Waals surface area contributed by atoms with Gasteiger partial charge in [0.1, 0.15) is 11.5 Å². The monoisotopic (exact) mass is 268 g/mol. The predicted octanol–water partition coefficient (Wildman–Crippen LogP) is 3.99. The van der Waals surface area contributed by atoms with Crippen LogP contribution in [0, 0.1) is 0 Å². The van der Waals surface area contributed by atoms with Crippen LogP contribution in [0.5, 0.6) is 11.5 Å². The molecule has 100 valence electrons. The van der Waals surface area contributed by atoms with Crippen molar-refractivity contribution < 1.29 is 23.0 Å². The molecule has 0 atom stereocenters. The SMILES string of the molecule is OCc1ccc(Oc2cccc(C(F)(F)F)c2)cc1. The highest BCUT2D eigenvalue weighted by Crippen LogP contribution is 2.32. The molecule has 0 aromatic heterocycles. The molecule has 2 aromatic carbocycles. The van der Waals surface area contributed by atoms with E-state index >= 15 is 0 Å². The zero-order valence-corrected chi connectivity index (χ0v) is 9.82. The number of hydrogen-bond acceptors (Lipinski definition) is 2. The van der Waals surface area contributed by atoms with Crippen LogP contribution in [0.25, 0.3) is 0 Å². The van der Waals surface area contributed by atoms with Crippen LogP contribution in [0.4, 0.5) is 13.2 Å². The summed E-state index contributed by atoms with van der Waals surface area (Å²) in [7, 11) is 0. The molecular formula is C14H11F3O2. The number of halogens is 3. The second kappa shape index (κ2) is 5.32. The van der Waals surface area contributed by atoms with Crippen molar-refractivity contribution >= 4 is 0 Å². The summed E-state index contributed by atoms with van der Waals surface area (Å²) in [5.41, 5.74) is -0.0478. The molecule has 0 spiro atoms. The van der Waals surface area contributed by atoms with Crippen molar-refractivity contribution in [3.8, 4) is 11.5 Å². The molecule has 2 rings (SSSR count). The number of hydrogen-bond donors (Lipinski definition) is 1. The van der Waals surface area contributed by atoms with Gasteiger partial charge >= 0.3 is 6.18 Å². The Morgan fingerprint density at radius 3 is 2.21 bits per heavy atom. The molecule has 1 N–H and O–H groups in total. The van der Waals surface area contributed by atoms with Gasteiger partial charge in [0.2, 0.25) is 0 Å². The summed E-state index contributed by atoms with van der Waals surface area (Å²) in [4.78, 5) is 0. The van der Waals surface area contributed by atoms with E-state index in [-0.39, 0.29) is 12.4 Å². The lowest BCUT2D eigenvalue weighted by Crippen LogP contribution is -2.04. The van der Waals surface area contributed by atoms with E-state index in [2.05, 4.69) is 0 Å². The van der Waals surface area contributed by atoms with Crippen molar-refractivity contribution in [1.29, 1.82) is 0 Å². The lowest BCUT2D eigenvalue weighted by molar-refractivity contribution is -0.137. The quantitative estimate of drug-likeness (QED) is 0.912. The molecule has 0 bridgehead atoms. The van der Waals surface area contributed by atoms with Crippen molar-refractivity contribution in [3.63, 3.8) is 0 Å². The van der Waals surface area contributed by atoms with Crippen molar-refractivity contribution in [2.45, 2.75) is 12.8 Å². The Morgan fingerprint density at radius 2 is 1.63 bits per heavy atom. The maximum Gasteiger partial charge on any atom is 0.416 e. The van der Waals surface area contributed by atoms with E-state index in [9.17, 15) is 13.2 Å². The van der Waals surface area contributed by atoms with Gasteiger partial charge in [0, 0.05) is 0 Å². The fourth-order valence-electron chi connectivity index (χ4n) is 1.53. The maximum absolute atomic E-state index is 12.5. The van der Waals surface area contributed by atoms with Crippen molar-refractivity contribution in [2.24, 2.45) is 0 Å². The lowest BCUT2D eigenvalue weighted by Gasteiger charge is -2.10. The molecule has 0 aliphatic carbocycles. The number of benzene rings is 2. The third-order valence-electron chi connectivity index (χ3n) is 2.50. The Hall–Kier alpha value is -2.01. The average molecular weight is 268 g/mol. The van der Waals surface area contributed by atoms with E-state index in [0.29, 0.717) is 11.3 Å². The number of ether oxygens (including phenoxy) is 1. The van der Waals surface area contributed by atoms with Gasteiger partial charge in [0.15, 0.2) is 0 Å². The minimum absolute atomic E-state index is 0.0934. The lowest BCUT2D eigenvalue weighted by atomic mass is 10.2. The van der Waals surface area contributed by atoms with E-state index < -0.39 is 11.7 Å². The van der Waals surface area contributed by atoms with Crippen LogP contribution < -0.4 is 4.74 Å². The van der Waals surface area contributed by atoms with Crippen LogP contribution in [-0.4, -0.2) is 5.11 Å². The standard InChI is InChI=1S/C14H11F3O2/c15-14(16,17)11-2-1-3-13(8-11)19-12-6-4-10(9-18)5-7-12/h1-8,18H,9H2. The molecular weight excluding hydrogens is 257 g/mol. The number of aliphatic hydroxyl groups excluding tert-OH is 1.